The van der Waals surface area contributed by atoms with Crippen molar-refractivity contribution >= 4 is 23.3 Å². The van der Waals surface area contributed by atoms with Crippen LogP contribution in [0.2, 0.25) is 0 Å². The van der Waals surface area contributed by atoms with Crippen molar-refractivity contribution in [3.05, 3.63) is 53.9 Å². The molecule has 0 radical (unpaired) electrons. The normalized spacial score (nSPS) is 14.3. The maximum Gasteiger partial charge on any atom is 0.338 e. The number of nitrogens with zero attached hydrogens (tertiary/aromatic N) is 2. The largest absolute Gasteiger partial charge is 0.462 e. The molecule has 1 N–H and O–H groups in total. The third-order valence-corrected chi connectivity index (χ3v) is 4.56. The lowest BCUT2D eigenvalue weighted by molar-refractivity contribution is 0.0526. The number of ether oxygens (including phenoxy) is 1. The summed E-state index contributed by atoms with van der Waals surface area (Å²) in [6.45, 7) is 3.73. The van der Waals surface area contributed by atoms with Gasteiger partial charge in [-0.1, -0.05) is 12.8 Å². The van der Waals surface area contributed by atoms with E-state index in [1.54, 1.807) is 31.3 Å². The number of aromatic nitrogens is 1. The Morgan fingerprint density at radius 1 is 1.04 bits per heavy atom. The molecule has 1 saturated heterocycles. The van der Waals surface area contributed by atoms with Crippen molar-refractivity contribution in [3.63, 3.8) is 0 Å². The summed E-state index contributed by atoms with van der Waals surface area (Å²) in [7, 11) is 0. The van der Waals surface area contributed by atoms with Crippen molar-refractivity contribution in [2.24, 2.45) is 0 Å². The van der Waals surface area contributed by atoms with Crippen molar-refractivity contribution < 1.29 is 14.3 Å². The molecule has 0 atom stereocenters. The Kier molecular flexibility index (Phi) is 6.41. The van der Waals surface area contributed by atoms with Crippen LogP contribution in [-0.2, 0) is 4.74 Å². The van der Waals surface area contributed by atoms with Crippen molar-refractivity contribution in [1.29, 1.82) is 0 Å². The smallest absolute Gasteiger partial charge is 0.338 e. The average Bonchev–Trinajstić information content (AvgIpc) is 2.98. The summed E-state index contributed by atoms with van der Waals surface area (Å²) in [5.74, 6) is -0.350. The molecule has 0 aliphatic carbocycles. The van der Waals surface area contributed by atoms with E-state index in [9.17, 15) is 9.59 Å². The minimum absolute atomic E-state index is 0.0155. The van der Waals surface area contributed by atoms with E-state index in [-0.39, 0.29) is 11.9 Å². The van der Waals surface area contributed by atoms with E-state index in [4.69, 9.17) is 4.74 Å². The van der Waals surface area contributed by atoms with Crippen LogP contribution in [0.15, 0.2) is 42.6 Å². The van der Waals surface area contributed by atoms with Crippen molar-refractivity contribution in [2.45, 2.75) is 32.6 Å². The lowest BCUT2D eigenvalue weighted by atomic mass is 10.2. The predicted octanol–water partition coefficient (Wildman–Crippen LogP) is 4.02. The molecule has 1 aliphatic heterocycles. The van der Waals surface area contributed by atoms with E-state index in [1.165, 1.54) is 12.8 Å². The molecule has 1 amide bonds. The molecule has 1 aromatic carbocycles. The average molecular weight is 367 g/mol. The first-order valence-corrected chi connectivity index (χ1v) is 9.47. The highest BCUT2D eigenvalue weighted by Crippen LogP contribution is 2.19. The van der Waals surface area contributed by atoms with Crippen LogP contribution < -0.4 is 5.32 Å². The monoisotopic (exact) mass is 367 g/mol. The van der Waals surface area contributed by atoms with Gasteiger partial charge in [-0.3, -0.25) is 9.78 Å². The molecule has 2 heterocycles. The van der Waals surface area contributed by atoms with Gasteiger partial charge in [-0.05, 0) is 56.2 Å². The molecule has 0 spiro atoms. The Labute approximate surface area is 159 Å². The Morgan fingerprint density at radius 3 is 2.41 bits per heavy atom. The Morgan fingerprint density at radius 2 is 1.74 bits per heavy atom. The molecule has 0 saturated carbocycles. The molecule has 142 valence electrons. The van der Waals surface area contributed by atoms with E-state index < -0.39 is 0 Å². The number of hydrogen-bond acceptors (Lipinski definition) is 5. The van der Waals surface area contributed by atoms with Crippen LogP contribution in [-0.4, -0.2) is 41.5 Å². The second-order valence-electron chi connectivity index (χ2n) is 6.56. The molecular formula is C21H25N3O3. The van der Waals surface area contributed by atoms with Gasteiger partial charge in [0.1, 0.15) is 5.69 Å². The van der Waals surface area contributed by atoms with Crippen molar-refractivity contribution in [2.75, 3.05) is 25.0 Å². The molecule has 0 unspecified atom stereocenters. The molecular weight excluding hydrogens is 342 g/mol. The second kappa shape index (κ2) is 9.16. The number of pyridine rings is 1. The van der Waals surface area contributed by atoms with Crippen LogP contribution in [0.25, 0.3) is 0 Å². The summed E-state index contributed by atoms with van der Waals surface area (Å²) >= 11 is 0. The molecule has 6 heteroatoms. The standard InChI is InChI=1S/C21H25N3O3/c1-2-27-21(26)16-7-9-17(10-8-16)23-18-11-12-22-19(15-18)20(25)24-13-5-3-4-6-14-24/h7-12,15H,2-6,13-14H2,1H3,(H,22,23). The molecule has 1 aliphatic rings. The summed E-state index contributed by atoms with van der Waals surface area (Å²) in [6.07, 6.45) is 6.11. The third-order valence-electron chi connectivity index (χ3n) is 4.56. The topological polar surface area (TPSA) is 71.5 Å². The van der Waals surface area contributed by atoms with Crippen molar-refractivity contribution in [1.82, 2.24) is 9.88 Å². The number of esters is 1. The maximum absolute atomic E-state index is 12.7. The van der Waals surface area contributed by atoms with Gasteiger partial charge in [0.05, 0.1) is 12.2 Å². The van der Waals surface area contributed by atoms with Crippen LogP contribution in [0.5, 0.6) is 0 Å². The van der Waals surface area contributed by atoms with E-state index in [2.05, 4.69) is 10.3 Å². The Hall–Kier alpha value is -2.89. The number of nitrogens with one attached hydrogen (secondary N) is 1. The summed E-state index contributed by atoms with van der Waals surface area (Å²) in [5.41, 5.74) is 2.56. The fourth-order valence-electron chi connectivity index (χ4n) is 3.13. The van der Waals surface area contributed by atoms with Gasteiger partial charge in [-0.15, -0.1) is 0 Å². The maximum atomic E-state index is 12.7. The van der Waals surface area contributed by atoms with E-state index in [0.29, 0.717) is 17.9 Å². The molecule has 0 bridgehead atoms. The number of likely N-dealkylation sites (tertiary alicyclic amines) is 1. The van der Waals surface area contributed by atoms with Gasteiger partial charge in [0, 0.05) is 30.7 Å². The highest BCUT2D eigenvalue weighted by atomic mass is 16.5. The second-order valence-corrected chi connectivity index (χ2v) is 6.56. The number of benzene rings is 1. The van der Waals surface area contributed by atoms with Crippen LogP contribution in [0.3, 0.4) is 0 Å². The number of amides is 1. The zero-order chi connectivity index (χ0) is 19.1. The molecule has 27 heavy (non-hydrogen) atoms. The summed E-state index contributed by atoms with van der Waals surface area (Å²) in [4.78, 5) is 30.6. The van der Waals surface area contributed by atoms with Crippen LogP contribution in [0.1, 0.15) is 53.5 Å². The van der Waals surface area contributed by atoms with Gasteiger partial charge in [0.15, 0.2) is 0 Å². The SMILES string of the molecule is CCOC(=O)c1ccc(Nc2ccnc(C(=O)N3CCCCCC3)c2)cc1. The van der Waals surface area contributed by atoms with Gasteiger partial charge in [0.25, 0.3) is 5.91 Å². The summed E-state index contributed by atoms with van der Waals surface area (Å²) < 4.78 is 4.98. The fourth-order valence-corrected chi connectivity index (χ4v) is 3.13. The van der Waals surface area contributed by atoms with Gasteiger partial charge < -0.3 is 15.0 Å². The van der Waals surface area contributed by atoms with E-state index in [0.717, 1.165) is 37.3 Å². The van der Waals surface area contributed by atoms with Gasteiger partial charge in [-0.25, -0.2) is 4.79 Å². The Bertz CT molecular complexity index is 782. The first kappa shape index (κ1) is 18.9. The van der Waals surface area contributed by atoms with Crippen LogP contribution in [0.4, 0.5) is 11.4 Å². The molecule has 6 nitrogen and oxygen atoms in total. The third kappa shape index (κ3) is 5.06. The van der Waals surface area contributed by atoms with Gasteiger partial charge in [-0.2, -0.15) is 0 Å². The predicted molar refractivity (Wildman–Crippen MR) is 104 cm³/mol. The number of anilines is 2. The van der Waals surface area contributed by atoms with E-state index in [1.807, 2.05) is 23.1 Å². The molecule has 3 rings (SSSR count). The first-order valence-electron chi connectivity index (χ1n) is 9.47. The summed E-state index contributed by atoms with van der Waals surface area (Å²) in [6, 6.07) is 10.6. The molecule has 2 aromatic rings. The minimum Gasteiger partial charge on any atom is -0.462 e. The molecule has 1 aromatic heterocycles. The molecule has 1 fully saturated rings. The quantitative estimate of drug-likeness (QED) is 0.808. The van der Waals surface area contributed by atoms with E-state index >= 15 is 0 Å². The summed E-state index contributed by atoms with van der Waals surface area (Å²) in [5, 5.41) is 3.25. The minimum atomic E-state index is -0.335. The number of carbonyl (C=O) groups excluding carboxylic acids is 2. The Balaban J connectivity index is 1.68. The van der Waals surface area contributed by atoms with Crippen LogP contribution in [0, 0.1) is 0 Å². The number of rotatable bonds is 5. The van der Waals surface area contributed by atoms with Crippen molar-refractivity contribution in [3.8, 4) is 0 Å². The zero-order valence-corrected chi connectivity index (χ0v) is 15.6. The number of hydrogen-bond donors (Lipinski definition) is 1. The highest BCUT2D eigenvalue weighted by Gasteiger charge is 2.18. The lowest BCUT2D eigenvalue weighted by Gasteiger charge is -2.20. The van der Waals surface area contributed by atoms with Gasteiger partial charge >= 0.3 is 5.97 Å². The van der Waals surface area contributed by atoms with Crippen LogP contribution >= 0.6 is 0 Å². The van der Waals surface area contributed by atoms with Gasteiger partial charge in [0.2, 0.25) is 0 Å². The highest BCUT2D eigenvalue weighted by molar-refractivity contribution is 5.93. The number of carbonyl (C=O) groups is 2. The lowest BCUT2D eigenvalue weighted by Crippen LogP contribution is -2.32. The first-order chi connectivity index (χ1) is 13.2. The zero-order valence-electron chi connectivity index (χ0n) is 15.6. The fraction of sp³-hybridized carbons (Fsp3) is 0.381.